The van der Waals surface area contributed by atoms with E-state index < -0.39 is 0 Å². The molecule has 1 N–H and O–H groups in total. The first kappa shape index (κ1) is 13.0. The lowest BCUT2D eigenvalue weighted by Gasteiger charge is -2.18. The van der Waals surface area contributed by atoms with E-state index in [1.165, 1.54) is 5.56 Å². The van der Waals surface area contributed by atoms with Crippen molar-refractivity contribution in [3.05, 3.63) is 35.4 Å². The van der Waals surface area contributed by atoms with Crippen LogP contribution in [0, 0.1) is 12.8 Å². The summed E-state index contributed by atoms with van der Waals surface area (Å²) in [5.41, 5.74) is 2.34. The summed E-state index contributed by atoms with van der Waals surface area (Å²) in [6, 6.07) is 8.08. The van der Waals surface area contributed by atoms with Gasteiger partial charge in [0.2, 0.25) is 5.91 Å². The van der Waals surface area contributed by atoms with Gasteiger partial charge in [0, 0.05) is 11.8 Å². The third kappa shape index (κ3) is 3.24. The van der Waals surface area contributed by atoms with E-state index >= 15 is 0 Å². The summed E-state index contributed by atoms with van der Waals surface area (Å²) >= 11 is 5.65. The van der Waals surface area contributed by atoms with E-state index in [-0.39, 0.29) is 17.9 Å². The number of carbonyl (C=O) groups excluding carboxylic acids is 1. The Kier molecular flexibility index (Phi) is 4.81. The molecule has 0 fully saturated rings. The molecule has 0 aliphatic rings. The molecule has 0 saturated carbocycles. The Morgan fingerprint density at radius 1 is 1.38 bits per heavy atom. The molecule has 1 aromatic rings. The first-order valence-corrected chi connectivity index (χ1v) is 6.01. The number of carbonyl (C=O) groups is 1. The van der Waals surface area contributed by atoms with Crippen LogP contribution in [-0.4, -0.2) is 11.8 Å². The summed E-state index contributed by atoms with van der Waals surface area (Å²) in [5.74, 6) is 0.214. The van der Waals surface area contributed by atoms with Gasteiger partial charge in [-0.15, -0.1) is 11.6 Å². The van der Waals surface area contributed by atoms with Gasteiger partial charge in [-0.1, -0.05) is 31.2 Å². The summed E-state index contributed by atoms with van der Waals surface area (Å²) in [7, 11) is 0. The van der Waals surface area contributed by atoms with Crippen molar-refractivity contribution in [2.45, 2.75) is 26.8 Å². The molecule has 0 spiro atoms. The highest BCUT2D eigenvalue weighted by atomic mass is 35.5. The maximum atomic E-state index is 11.7. The fourth-order valence-corrected chi connectivity index (χ4v) is 1.72. The highest BCUT2D eigenvalue weighted by Crippen LogP contribution is 2.17. The zero-order valence-electron chi connectivity index (χ0n) is 9.96. The molecule has 2 atom stereocenters. The van der Waals surface area contributed by atoms with Crippen molar-refractivity contribution in [2.24, 2.45) is 5.92 Å². The van der Waals surface area contributed by atoms with Gasteiger partial charge in [-0.05, 0) is 25.0 Å². The zero-order valence-corrected chi connectivity index (χ0v) is 10.7. The number of alkyl halides is 1. The van der Waals surface area contributed by atoms with Crippen molar-refractivity contribution >= 4 is 17.5 Å². The van der Waals surface area contributed by atoms with Crippen LogP contribution in [0.2, 0.25) is 0 Å². The van der Waals surface area contributed by atoms with Crippen LogP contribution in [0.5, 0.6) is 0 Å². The number of hydrogen-bond donors (Lipinski definition) is 1. The van der Waals surface area contributed by atoms with Crippen molar-refractivity contribution in [1.29, 1.82) is 0 Å². The molecule has 2 unspecified atom stereocenters. The summed E-state index contributed by atoms with van der Waals surface area (Å²) in [5, 5.41) is 2.96. The number of hydrogen-bond acceptors (Lipinski definition) is 1. The fraction of sp³-hybridized carbons (Fsp3) is 0.462. The quantitative estimate of drug-likeness (QED) is 0.804. The monoisotopic (exact) mass is 239 g/mol. The minimum atomic E-state index is -0.145. The molecule has 0 aromatic heterocycles. The van der Waals surface area contributed by atoms with Crippen molar-refractivity contribution in [3.63, 3.8) is 0 Å². The van der Waals surface area contributed by atoms with E-state index in [2.05, 4.69) is 5.32 Å². The largest absolute Gasteiger partial charge is 0.349 e. The van der Waals surface area contributed by atoms with Crippen molar-refractivity contribution < 1.29 is 4.79 Å². The molecule has 0 aliphatic heterocycles. The Morgan fingerprint density at radius 2 is 2.00 bits per heavy atom. The first-order valence-electron chi connectivity index (χ1n) is 5.48. The molecule has 0 heterocycles. The van der Waals surface area contributed by atoms with Crippen molar-refractivity contribution in [3.8, 4) is 0 Å². The Bertz CT molecular complexity index is 365. The number of halogens is 1. The topological polar surface area (TPSA) is 29.1 Å². The average Bonchev–Trinajstić information content (AvgIpc) is 2.28. The molecular weight excluding hydrogens is 222 g/mol. The number of aryl methyl sites for hydroxylation is 1. The SMILES string of the molecule is Cc1ccccc1C(C)NC(=O)C(C)CCl. The predicted molar refractivity (Wildman–Crippen MR) is 67.6 cm³/mol. The van der Waals surface area contributed by atoms with Gasteiger partial charge in [0.1, 0.15) is 0 Å². The number of nitrogens with one attached hydrogen (secondary N) is 1. The van der Waals surface area contributed by atoms with E-state index in [1.807, 2.05) is 45.0 Å². The van der Waals surface area contributed by atoms with Crippen LogP contribution in [-0.2, 0) is 4.79 Å². The minimum absolute atomic E-state index is 0.00533. The third-order valence-corrected chi connectivity index (χ3v) is 3.16. The molecule has 16 heavy (non-hydrogen) atoms. The van der Waals surface area contributed by atoms with Crippen LogP contribution >= 0.6 is 11.6 Å². The lowest BCUT2D eigenvalue weighted by molar-refractivity contribution is -0.124. The molecule has 1 rings (SSSR count). The smallest absolute Gasteiger partial charge is 0.224 e. The fourth-order valence-electron chi connectivity index (χ4n) is 1.58. The molecule has 3 heteroatoms. The van der Waals surface area contributed by atoms with E-state index in [9.17, 15) is 4.79 Å². The molecule has 0 aliphatic carbocycles. The summed E-state index contributed by atoms with van der Waals surface area (Å²) in [6.07, 6.45) is 0. The van der Waals surface area contributed by atoms with E-state index in [0.29, 0.717) is 5.88 Å². The van der Waals surface area contributed by atoms with Crippen molar-refractivity contribution in [1.82, 2.24) is 5.32 Å². The summed E-state index contributed by atoms with van der Waals surface area (Å²) in [4.78, 5) is 11.7. The number of rotatable bonds is 4. The standard InChI is InChI=1S/C13H18ClNO/c1-9-6-4-5-7-12(9)11(3)15-13(16)10(2)8-14/h4-7,10-11H,8H2,1-3H3,(H,15,16). The Morgan fingerprint density at radius 3 is 2.56 bits per heavy atom. The van der Waals surface area contributed by atoms with Gasteiger partial charge in [-0.3, -0.25) is 4.79 Å². The highest BCUT2D eigenvalue weighted by molar-refractivity contribution is 6.19. The van der Waals surface area contributed by atoms with Crippen LogP contribution in [0.4, 0.5) is 0 Å². The molecule has 0 bridgehead atoms. The van der Waals surface area contributed by atoms with E-state index in [4.69, 9.17) is 11.6 Å². The normalized spacial score (nSPS) is 14.2. The van der Waals surface area contributed by atoms with E-state index in [0.717, 1.165) is 5.56 Å². The second kappa shape index (κ2) is 5.90. The lowest BCUT2D eigenvalue weighted by atomic mass is 10.0. The average molecular weight is 240 g/mol. The predicted octanol–water partition coefficient (Wildman–Crippen LogP) is 3.05. The Hall–Kier alpha value is -1.02. The van der Waals surface area contributed by atoms with Gasteiger partial charge in [-0.25, -0.2) is 0 Å². The molecule has 0 radical (unpaired) electrons. The van der Waals surface area contributed by atoms with Gasteiger partial charge in [-0.2, -0.15) is 0 Å². The molecule has 2 nitrogen and oxygen atoms in total. The van der Waals surface area contributed by atoms with E-state index in [1.54, 1.807) is 0 Å². The number of benzene rings is 1. The summed E-state index contributed by atoms with van der Waals surface area (Å²) < 4.78 is 0. The van der Waals surface area contributed by atoms with Gasteiger partial charge < -0.3 is 5.32 Å². The zero-order chi connectivity index (χ0) is 12.1. The van der Waals surface area contributed by atoms with Crippen LogP contribution in [0.1, 0.15) is 31.0 Å². The highest BCUT2D eigenvalue weighted by Gasteiger charge is 2.15. The second-order valence-corrected chi connectivity index (χ2v) is 4.45. The molecule has 0 saturated heterocycles. The van der Waals surface area contributed by atoms with Crippen LogP contribution in [0.25, 0.3) is 0 Å². The van der Waals surface area contributed by atoms with Gasteiger partial charge in [0.25, 0.3) is 0 Å². The number of amides is 1. The molecule has 1 amide bonds. The Balaban J connectivity index is 2.69. The van der Waals surface area contributed by atoms with Gasteiger partial charge >= 0.3 is 0 Å². The van der Waals surface area contributed by atoms with Gasteiger partial charge in [0.05, 0.1) is 6.04 Å². The summed E-state index contributed by atoms with van der Waals surface area (Å²) in [6.45, 7) is 5.86. The molecule has 1 aromatic carbocycles. The van der Waals surface area contributed by atoms with Crippen LogP contribution in [0.3, 0.4) is 0 Å². The van der Waals surface area contributed by atoms with Crippen LogP contribution in [0.15, 0.2) is 24.3 Å². The van der Waals surface area contributed by atoms with Crippen molar-refractivity contribution in [2.75, 3.05) is 5.88 Å². The molecule has 88 valence electrons. The maximum absolute atomic E-state index is 11.7. The Labute approximate surface area is 102 Å². The lowest BCUT2D eigenvalue weighted by Crippen LogP contribution is -2.32. The maximum Gasteiger partial charge on any atom is 0.224 e. The van der Waals surface area contributed by atoms with Gasteiger partial charge in [0.15, 0.2) is 0 Å². The first-order chi connectivity index (χ1) is 7.56. The third-order valence-electron chi connectivity index (χ3n) is 2.69. The second-order valence-electron chi connectivity index (χ2n) is 4.14. The minimum Gasteiger partial charge on any atom is -0.349 e. The molecular formula is C13H18ClNO. The van der Waals surface area contributed by atoms with Crippen LogP contribution < -0.4 is 5.32 Å².